The second kappa shape index (κ2) is 8.35. The van der Waals surface area contributed by atoms with Gasteiger partial charge in [0.15, 0.2) is 0 Å². The summed E-state index contributed by atoms with van der Waals surface area (Å²) in [6.07, 6.45) is 0.925. The van der Waals surface area contributed by atoms with Crippen LogP contribution in [0.3, 0.4) is 0 Å². The molecule has 1 fully saturated rings. The number of hydrogen-bond acceptors (Lipinski definition) is 6. The molecule has 1 aliphatic carbocycles. The number of aliphatic carboxylic acids is 1. The minimum Gasteiger partial charge on any atom is -0.480 e. The highest BCUT2D eigenvalue weighted by molar-refractivity contribution is 5.91. The van der Waals surface area contributed by atoms with Crippen molar-refractivity contribution in [1.82, 2.24) is 5.32 Å². The van der Waals surface area contributed by atoms with Gasteiger partial charge in [0.25, 0.3) is 0 Å². The van der Waals surface area contributed by atoms with E-state index in [1.165, 1.54) is 0 Å². The maximum atomic E-state index is 12.0. The summed E-state index contributed by atoms with van der Waals surface area (Å²) in [7, 11) is 0. The van der Waals surface area contributed by atoms with Crippen LogP contribution in [0.25, 0.3) is 0 Å². The molecule has 1 aliphatic rings. The fourth-order valence-corrected chi connectivity index (χ4v) is 1.94. The number of hydrogen-bond donors (Lipinski definition) is 2. The summed E-state index contributed by atoms with van der Waals surface area (Å²) in [5.41, 5.74) is 0. The van der Waals surface area contributed by atoms with Gasteiger partial charge in [-0.25, -0.2) is 4.79 Å². The van der Waals surface area contributed by atoms with Gasteiger partial charge in [-0.2, -0.15) is 0 Å². The van der Waals surface area contributed by atoms with Gasteiger partial charge in [0, 0.05) is 5.92 Å². The summed E-state index contributed by atoms with van der Waals surface area (Å²) >= 11 is 0. The number of nitrogens with one attached hydrogen (secondary N) is 1. The Balaban J connectivity index is 2.85. The molecule has 0 spiro atoms. The molecule has 2 N–H and O–H groups in total. The van der Waals surface area contributed by atoms with E-state index >= 15 is 0 Å². The lowest BCUT2D eigenvalue weighted by Gasteiger charge is -2.22. The Labute approximate surface area is 128 Å². The smallest absolute Gasteiger partial charge is 0.327 e. The van der Waals surface area contributed by atoms with Crippen molar-refractivity contribution in [2.24, 2.45) is 11.8 Å². The Morgan fingerprint density at radius 1 is 1.14 bits per heavy atom. The third kappa shape index (κ3) is 5.34. The fraction of sp³-hybridized carbons (Fsp3) is 0.714. The zero-order chi connectivity index (χ0) is 16.7. The number of amides is 1. The van der Waals surface area contributed by atoms with Gasteiger partial charge in [0.1, 0.15) is 6.04 Å². The van der Waals surface area contributed by atoms with Gasteiger partial charge in [0.05, 0.1) is 25.6 Å². The van der Waals surface area contributed by atoms with Crippen molar-refractivity contribution in [2.75, 3.05) is 13.2 Å². The Hall–Kier alpha value is -2.12. The highest BCUT2D eigenvalue weighted by Gasteiger charge is 2.40. The molecule has 0 saturated heterocycles. The maximum absolute atomic E-state index is 12.0. The average molecular weight is 315 g/mol. The number of esters is 2. The molecule has 8 nitrogen and oxygen atoms in total. The van der Waals surface area contributed by atoms with Gasteiger partial charge in [-0.1, -0.05) is 0 Å². The van der Waals surface area contributed by atoms with Gasteiger partial charge in [-0.3, -0.25) is 14.4 Å². The number of carbonyl (C=O) groups is 4. The first-order valence-electron chi connectivity index (χ1n) is 7.26. The standard InChI is InChI=1S/C14H21NO7/c1-3-21-10(16)7-9(14(20)22-4-2)11(13(18)19)15-12(17)8-5-6-8/h8-9,11H,3-7H2,1-2H3,(H,15,17)(H,18,19)/t9-,11+/m0/s1. The molecule has 0 aromatic carbocycles. The van der Waals surface area contributed by atoms with Crippen molar-refractivity contribution in [1.29, 1.82) is 0 Å². The first-order valence-corrected chi connectivity index (χ1v) is 7.26. The number of carboxylic acids is 1. The van der Waals surface area contributed by atoms with Crippen LogP contribution in [-0.4, -0.2) is 48.2 Å². The van der Waals surface area contributed by atoms with E-state index in [0.717, 1.165) is 0 Å². The van der Waals surface area contributed by atoms with Crippen LogP contribution in [0.15, 0.2) is 0 Å². The van der Waals surface area contributed by atoms with Crippen LogP contribution in [0.5, 0.6) is 0 Å². The molecule has 0 aromatic heterocycles. The molecule has 0 unspecified atom stereocenters. The van der Waals surface area contributed by atoms with E-state index in [-0.39, 0.29) is 19.1 Å². The Bertz CT molecular complexity index is 444. The molecule has 0 heterocycles. The van der Waals surface area contributed by atoms with Crippen LogP contribution < -0.4 is 5.32 Å². The number of carbonyl (C=O) groups excluding carboxylic acids is 3. The van der Waals surface area contributed by atoms with Crippen molar-refractivity contribution in [2.45, 2.75) is 39.2 Å². The minimum absolute atomic E-state index is 0.0427. The van der Waals surface area contributed by atoms with Gasteiger partial charge in [-0.05, 0) is 26.7 Å². The topological polar surface area (TPSA) is 119 Å². The predicted molar refractivity (Wildman–Crippen MR) is 73.7 cm³/mol. The van der Waals surface area contributed by atoms with E-state index < -0.39 is 42.2 Å². The molecule has 2 atom stereocenters. The van der Waals surface area contributed by atoms with E-state index in [9.17, 15) is 24.3 Å². The highest BCUT2D eigenvalue weighted by Crippen LogP contribution is 2.29. The predicted octanol–water partition coefficient (Wildman–Crippen LogP) is 0.0983. The van der Waals surface area contributed by atoms with Crippen molar-refractivity contribution in [3.05, 3.63) is 0 Å². The van der Waals surface area contributed by atoms with Crippen LogP contribution in [-0.2, 0) is 28.7 Å². The van der Waals surface area contributed by atoms with Crippen molar-refractivity contribution in [3.8, 4) is 0 Å². The first-order chi connectivity index (χ1) is 10.4. The number of carboxylic acid groups (broad SMARTS) is 1. The second-order valence-electron chi connectivity index (χ2n) is 4.97. The summed E-state index contributed by atoms with van der Waals surface area (Å²) < 4.78 is 9.55. The number of ether oxygens (including phenoxy) is 2. The third-order valence-electron chi connectivity index (χ3n) is 3.20. The van der Waals surface area contributed by atoms with Gasteiger partial charge in [-0.15, -0.1) is 0 Å². The molecule has 0 aromatic rings. The minimum atomic E-state index is -1.52. The van der Waals surface area contributed by atoms with E-state index in [0.29, 0.717) is 12.8 Å². The van der Waals surface area contributed by atoms with Crippen LogP contribution in [0.4, 0.5) is 0 Å². The SMILES string of the molecule is CCOC(=O)C[C@H](C(=O)OCC)[C@@H](NC(=O)C1CC1)C(=O)O. The van der Waals surface area contributed by atoms with Crippen LogP contribution in [0.1, 0.15) is 33.1 Å². The summed E-state index contributed by atoms with van der Waals surface area (Å²) in [4.78, 5) is 46.7. The zero-order valence-corrected chi connectivity index (χ0v) is 12.7. The average Bonchev–Trinajstić information content (AvgIpc) is 3.27. The van der Waals surface area contributed by atoms with Gasteiger partial charge in [0.2, 0.25) is 5.91 Å². The van der Waals surface area contributed by atoms with Crippen LogP contribution >= 0.6 is 0 Å². The quantitative estimate of drug-likeness (QED) is 0.579. The summed E-state index contributed by atoms with van der Waals surface area (Å²) in [6, 6.07) is -1.52. The van der Waals surface area contributed by atoms with E-state index in [4.69, 9.17) is 9.47 Å². The lowest BCUT2D eigenvalue weighted by atomic mass is 9.95. The normalized spacial score (nSPS) is 16.3. The molecule has 0 bridgehead atoms. The van der Waals surface area contributed by atoms with E-state index in [2.05, 4.69) is 5.32 Å². The molecule has 0 radical (unpaired) electrons. The highest BCUT2D eigenvalue weighted by atomic mass is 16.5. The lowest BCUT2D eigenvalue weighted by molar-refractivity contribution is -0.160. The number of rotatable bonds is 9. The monoisotopic (exact) mass is 315 g/mol. The Kier molecular flexibility index (Phi) is 6.81. The lowest BCUT2D eigenvalue weighted by Crippen LogP contribution is -2.50. The molecule has 1 saturated carbocycles. The second-order valence-corrected chi connectivity index (χ2v) is 4.97. The summed E-state index contributed by atoms with van der Waals surface area (Å²) in [5, 5.41) is 11.6. The first kappa shape index (κ1) is 17.9. The van der Waals surface area contributed by atoms with E-state index in [1.54, 1.807) is 13.8 Å². The Morgan fingerprint density at radius 2 is 1.73 bits per heavy atom. The summed E-state index contributed by atoms with van der Waals surface area (Å²) in [5.74, 6) is -4.92. The van der Waals surface area contributed by atoms with Gasteiger partial charge >= 0.3 is 17.9 Å². The largest absolute Gasteiger partial charge is 0.480 e. The summed E-state index contributed by atoms with van der Waals surface area (Å²) in [6.45, 7) is 3.32. The molecule has 1 amide bonds. The molecular formula is C14H21NO7. The van der Waals surface area contributed by atoms with Crippen molar-refractivity contribution < 1.29 is 33.8 Å². The zero-order valence-electron chi connectivity index (χ0n) is 12.7. The molecule has 22 heavy (non-hydrogen) atoms. The molecule has 1 rings (SSSR count). The van der Waals surface area contributed by atoms with Crippen molar-refractivity contribution >= 4 is 23.8 Å². The van der Waals surface area contributed by atoms with Crippen LogP contribution in [0.2, 0.25) is 0 Å². The maximum Gasteiger partial charge on any atom is 0.327 e. The third-order valence-corrected chi connectivity index (χ3v) is 3.20. The van der Waals surface area contributed by atoms with Gasteiger partial charge < -0.3 is 19.9 Å². The Morgan fingerprint density at radius 3 is 2.18 bits per heavy atom. The van der Waals surface area contributed by atoms with Crippen LogP contribution in [0, 0.1) is 11.8 Å². The van der Waals surface area contributed by atoms with Crippen molar-refractivity contribution in [3.63, 3.8) is 0 Å². The molecule has 8 heteroatoms. The molecule has 0 aliphatic heterocycles. The molecule has 124 valence electrons. The molecular weight excluding hydrogens is 294 g/mol. The van der Waals surface area contributed by atoms with E-state index in [1.807, 2.05) is 0 Å². The fourth-order valence-electron chi connectivity index (χ4n) is 1.94.